The molecule has 13 heavy (non-hydrogen) atoms. The zero-order valence-corrected chi connectivity index (χ0v) is 7.55. The maximum Gasteiger partial charge on any atom is 0.309 e. The van der Waals surface area contributed by atoms with Crippen molar-refractivity contribution in [1.82, 2.24) is 10.2 Å². The Kier molecular flexibility index (Phi) is 2.27. The van der Waals surface area contributed by atoms with Crippen molar-refractivity contribution in [3.8, 4) is 0 Å². The first kappa shape index (κ1) is 9.57. The lowest BCUT2D eigenvalue weighted by Crippen LogP contribution is -2.26. The Hall–Kier alpha value is -1.52. The van der Waals surface area contributed by atoms with E-state index >= 15 is 0 Å². The van der Waals surface area contributed by atoms with Crippen molar-refractivity contribution < 1.29 is 9.90 Å². The zero-order chi connectivity index (χ0) is 10.1. The second kappa shape index (κ2) is 3.08. The zero-order valence-electron chi connectivity index (χ0n) is 7.55. The molecule has 0 aromatic carbocycles. The number of H-pyrrole nitrogens is 2. The molecule has 0 spiro atoms. The largest absolute Gasteiger partial charge is 0.481 e. The van der Waals surface area contributed by atoms with Gasteiger partial charge in [-0.3, -0.25) is 14.7 Å². The van der Waals surface area contributed by atoms with E-state index in [1.165, 1.54) is 6.07 Å². The Morgan fingerprint density at radius 3 is 2.54 bits per heavy atom. The molecule has 0 saturated carbocycles. The number of nitrogens with one attached hydrogen (secondary N) is 2. The van der Waals surface area contributed by atoms with Crippen LogP contribution in [0.2, 0.25) is 0 Å². The van der Waals surface area contributed by atoms with Crippen molar-refractivity contribution in [3.63, 3.8) is 0 Å². The Morgan fingerprint density at radius 1 is 1.54 bits per heavy atom. The summed E-state index contributed by atoms with van der Waals surface area (Å²) >= 11 is 0. The fraction of sp³-hybridized carbons (Fsp3) is 0.500. The molecule has 0 saturated heterocycles. The third-order valence-electron chi connectivity index (χ3n) is 1.86. The van der Waals surface area contributed by atoms with Gasteiger partial charge in [-0.15, -0.1) is 0 Å². The minimum Gasteiger partial charge on any atom is -0.481 e. The minimum atomic E-state index is -0.880. The molecule has 0 fully saturated rings. The van der Waals surface area contributed by atoms with Crippen LogP contribution in [0.4, 0.5) is 0 Å². The summed E-state index contributed by atoms with van der Waals surface area (Å²) in [6.45, 7) is 3.22. The summed E-state index contributed by atoms with van der Waals surface area (Å²) in [6.07, 6.45) is 0.307. The Morgan fingerprint density at radius 2 is 2.15 bits per heavy atom. The third-order valence-corrected chi connectivity index (χ3v) is 1.86. The first-order valence-corrected chi connectivity index (χ1v) is 3.92. The van der Waals surface area contributed by atoms with E-state index in [-0.39, 0.29) is 5.56 Å². The number of aromatic nitrogens is 2. The highest BCUT2D eigenvalue weighted by Gasteiger charge is 2.27. The van der Waals surface area contributed by atoms with Gasteiger partial charge in [0.15, 0.2) is 0 Å². The molecule has 0 aliphatic rings. The van der Waals surface area contributed by atoms with Crippen molar-refractivity contribution in [2.24, 2.45) is 5.41 Å². The van der Waals surface area contributed by atoms with Crippen molar-refractivity contribution in [1.29, 1.82) is 0 Å². The molecule has 1 rings (SSSR count). The van der Waals surface area contributed by atoms with Crippen LogP contribution in [0.5, 0.6) is 0 Å². The Balaban J connectivity index is 2.80. The number of carboxylic acids is 1. The first-order valence-electron chi connectivity index (χ1n) is 3.92. The molecule has 0 bridgehead atoms. The van der Waals surface area contributed by atoms with Crippen LogP contribution in [0.15, 0.2) is 10.9 Å². The fourth-order valence-corrected chi connectivity index (χ4v) is 1.02. The molecule has 3 N–H and O–H groups in total. The van der Waals surface area contributed by atoms with Crippen molar-refractivity contribution in [3.05, 3.63) is 22.1 Å². The van der Waals surface area contributed by atoms with Gasteiger partial charge in [-0.05, 0) is 13.8 Å². The van der Waals surface area contributed by atoms with Gasteiger partial charge in [-0.2, -0.15) is 0 Å². The summed E-state index contributed by atoms with van der Waals surface area (Å²) in [4.78, 5) is 21.4. The molecule has 0 radical (unpaired) electrons. The summed E-state index contributed by atoms with van der Waals surface area (Å²) in [5.74, 6) is -0.880. The van der Waals surface area contributed by atoms with Gasteiger partial charge >= 0.3 is 5.97 Å². The van der Waals surface area contributed by atoms with Gasteiger partial charge in [0, 0.05) is 18.2 Å². The average Bonchev–Trinajstić information content (AvgIpc) is 2.34. The molecular weight excluding hydrogens is 172 g/mol. The lowest BCUT2D eigenvalue weighted by Gasteiger charge is -2.17. The molecule has 1 aromatic heterocycles. The lowest BCUT2D eigenvalue weighted by atomic mass is 9.88. The number of carboxylic acid groups (broad SMARTS) is 1. The summed E-state index contributed by atoms with van der Waals surface area (Å²) in [5.41, 5.74) is -0.487. The molecule has 0 aliphatic heterocycles. The molecule has 0 atom stereocenters. The predicted octanol–water partition coefficient (Wildman–Crippen LogP) is 0.356. The van der Waals surface area contributed by atoms with Gasteiger partial charge in [0.25, 0.3) is 5.56 Å². The quantitative estimate of drug-likeness (QED) is 0.633. The van der Waals surface area contributed by atoms with Crippen LogP contribution in [0.1, 0.15) is 19.5 Å². The Labute approximate surface area is 74.8 Å². The smallest absolute Gasteiger partial charge is 0.309 e. The highest BCUT2D eigenvalue weighted by molar-refractivity contribution is 5.73. The second-order valence-electron chi connectivity index (χ2n) is 3.65. The van der Waals surface area contributed by atoms with Crippen LogP contribution in [0.3, 0.4) is 0 Å². The van der Waals surface area contributed by atoms with Crippen LogP contribution in [0.25, 0.3) is 0 Å². The van der Waals surface area contributed by atoms with Crippen LogP contribution in [-0.2, 0) is 11.2 Å². The number of hydrogen-bond donors (Lipinski definition) is 3. The lowest BCUT2D eigenvalue weighted by molar-refractivity contribution is -0.146. The fourth-order valence-electron chi connectivity index (χ4n) is 1.02. The molecule has 0 unspecified atom stereocenters. The monoisotopic (exact) mass is 184 g/mol. The van der Waals surface area contributed by atoms with Gasteiger partial charge in [-0.25, -0.2) is 0 Å². The predicted molar refractivity (Wildman–Crippen MR) is 46.5 cm³/mol. The van der Waals surface area contributed by atoms with Gasteiger partial charge in [-0.1, -0.05) is 0 Å². The molecule has 1 aromatic rings. The summed E-state index contributed by atoms with van der Waals surface area (Å²) in [5, 5.41) is 13.8. The van der Waals surface area contributed by atoms with Gasteiger partial charge < -0.3 is 10.2 Å². The van der Waals surface area contributed by atoms with Gasteiger partial charge in [0.2, 0.25) is 0 Å². The highest BCUT2D eigenvalue weighted by atomic mass is 16.4. The highest BCUT2D eigenvalue weighted by Crippen LogP contribution is 2.19. The van der Waals surface area contributed by atoms with Gasteiger partial charge in [0.1, 0.15) is 0 Å². The maximum absolute atomic E-state index is 10.7. The van der Waals surface area contributed by atoms with Crippen LogP contribution >= 0.6 is 0 Å². The minimum absolute atomic E-state index is 0.240. The summed E-state index contributed by atoms with van der Waals surface area (Å²) < 4.78 is 0. The molecule has 1 heterocycles. The van der Waals surface area contributed by atoms with E-state index in [1.807, 2.05) is 0 Å². The van der Waals surface area contributed by atoms with E-state index in [9.17, 15) is 9.59 Å². The molecule has 0 amide bonds. The van der Waals surface area contributed by atoms with E-state index in [0.717, 1.165) is 0 Å². The van der Waals surface area contributed by atoms with E-state index in [4.69, 9.17) is 5.11 Å². The molecule has 0 aliphatic carbocycles. The number of aromatic amines is 2. The summed E-state index contributed by atoms with van der Waals surface area (Å²) in [7, 11) is 0. The van der Waals surface area contributed by atoms with E-state index in [2.05, 4.69) is 10.2 Å². The van der Waals surface area contributed by atoms with E-state index in [1.54, 1.807) is 13.8 Å². The normalized spacial score (nSPS) is 11.5. The number of aliphatic carboxylic acids is 1. The van der Waals surface area contributed by atoms with E-state index < -0.39 is 11.4 Å². The average molecular weight is 184 g/mol. The molecule has 5 nitrogen and oxygen atoms in total. The number of hydrogen-bond acceptors (Lipinski definition) is 2. The topological polar surface area (TPSA) is 86.0 Å². The van der Waals surface area contributed by atoms with Crippen molar-refractivity contribution in [2.75, 3.05) is 0 Å². The molecular formula is C8H12N2O3. The second-order valence-corrected chi connectivity index (χ2v) is 3.65. The van der Waals surface area contributed by atoms with Gasteiger partial charge in [0.05, 0.1) is 5.41 Å². The van der Waals surface area contributed by atoms with Crippen molar-refractivity contribution in [2.45, 2.75) is 20.3 Å². The maximum atomic E-state index is 10.7. The SMILES string of the molecule is CC(C)(Cc1cc(=O)[nH][nH]1)C(=O)O. The van der Waals surface area contributed by atoms with Crippen molar-refractivity contribution >= 4 is 5.97 Å². The van der Waals surface area contributed by atoms with Crippen LogP contribution < -0.4 is 5.56 Å². The number of rotatable bonds is 3. The summed E-state index contributed by atoms with van der Waals surface area (Å²) in [6, 6.07) is 1.37. The first-order chi connectivity index (χ1) is 5.92. The Bertz CT molecular complexity index is 361. The van der Waals surface area contributed by atoms with E-state index in [0.29, 0.717) is 12.1 Å². The van der Waals surface area contributed by atoms with Crippen LogP contribution in [-0.4, -0.2) is 21.3 Å². The third kappa shape index (κ3) is 2.21. The molecule has 72 valence electrons. The standard InChI is InChI=1S/C8H12N2O3/c1-8(2,7(12)13)4-5-3-6(11)10-9-5/h3H,4H2,1-2H3,(H,12,13)(H2,9,10,11). The number of carbonyl (C=O) groups is 1. The molecule has 5 heteroatoms. The van der Waals surface area contributed by atoms with Crippen LogP contribution in [0, 0.1) is 5.41 Å².